The SMILES string of the molecule is Cc1cccnc1-c1ccc(N)c(/C(N)=N/C(N)=S)c1. The number of aliphatic imine (C=N–C) groups is 1. The first-order valence-electron chi connectivity index (χ1n) is 5.94. The van der Waals surface area contributed by atoms with Gasteiger partial charge in [0.25, 0.3) is 0 Å². The molecule has 1 aromatic heterocycles. The molecule has 0 saturated heterocycles. The van der Waals surface area contributed by atoms with Crippen molar-refractivity contribution in [1.29, 1.82) is 0 Å². The van der Waals surface area contributed by atoms with E-state index in [2.05, 4.69) is 9.98 Å². The molecule has 20 heavy (non-hydrogen) atoms. The Balaban J connectivity index is 2.55. The van der Waals surface area contributed by atoms with E-state index in [1.807, 2.05) is 31.2 Å². The fourth-order valence-electron chi connectivity index (χ4n) is 1.89. The fourth-order valence-corrected chi connectivity index (χ4v) is 1.99. The van der Waals surface area contributed by atoms with E-state index >= 15 is 0 Å². The number of nitrogens with two attached hydrogens (primary N) is 3. The minimum absolute atomic E-state index is 0.0266. The van der Waals surface area contributed by atoms with Gasteiger partial charge in [-0.2, -0.15) is 0 Å². The van der Waals surface area contributed by atoms with Crippen molar-refractivity contribution in [2.75, 3.05) is 5.73 Å². The van der Waals surface area contributed by atoms with Gasteiger partial charge in [-0.1, -0.05) is 12.1 Å². The van der Waals surface area contributed by atoms with Crippen LogP contribution in [0.25, 0.3) is 11.3 Å². The lowest BCUT2D eigenvalue weighted by Crippen LogP contribution is -2.19. The highest BCUT2D eigenvalue weighted by atomic mass is 32.1. The van der Waals surface area contributed by atoms with Gasteiger partial charge in [-0.25, -0.2) is 4.99 Å². The molecule has 102 valence electrons. The smallest absolute Gasteiger partial charge is 0.192 e. The van der Waals surface area contributed by atoms with Crippen molar-refractivity contribution in [1.82, 2.24) is 4.98 Å². The second-order valence-electron chi connectivity index (χ2n) is 4.31. The number of nitrogens with zero attached hydrogens (tertiary/aromatic N) is 2. The van der Waals surface area contributed by atoms with Gasteiger partial charge in [0.15, 0.2) is 5.11 Å². The Morgan fingerprint density at radius 3 is 2.65 bits per heavy atom. The van der Waals surface area contributed by atoms with Crippen LogP contribution in [0.4, 0.5) is 5.69 Å². The van der Waals surface area contributed by atoms with Gasteiger partial charge in [0, 0.05) is 23.0 Å². The maximum Gasteiger partial charge on any atom is 0.192 e. The minimum Gasteiger partial charge on any atom is -0.398 e. The number of aromatic nitrogens is 1. The quantitative estimate of drug-likeness (QED) is 0.336. The molecule has 0 radical (unpaired) electrons. The first-order chi connectivity index (χ1) is 9.49. The molecule has 0 atom stereocenters. The number of hydrogen-bond donors (Lipinski definition) is 3. The van der Waals surface area contributed by atoms with E-state index in [-0.39, 0.29) is 10.9 Å². The summed E-state index contributed by atoms with van der Waals surface area (Å²) in [5, 5.41) is -0.0266. The Kier molecular flexibility index (Phi) is 3.95. The maximum absolute atomic E-state index is 5.92. The molecule has 5 nitrogen and oxygen atoms in total. The molecule has 2 rings (SSSR count). The Labute approximate surface area is 122 Å². The van der Waals surface area contributed by atoms with Crippen molar-refractivity contribution in [3.63, 3.8) is 0 Å². The fraction of sp³-hybridized carbons (Fsp3) is 0.0714. The predicted molar refractivity (Wildman–Crippen MR) is 86.3 cm³/mol. The maximum atomic E-state index is 5.92. The monoisotopic (exact) mass is 285 g/mol. The topological polar surface area (TPSA) is 103 Å². The average molecular weight is 285 g/mol. The number of anilines is 1. The number of amidine groups is 1. The number of hydrogen-bond acceptors (Lipinski definition) is 3. The third-order valence-electron chi connectivity index (χ3n) is 2.84. The minimum atomic E-state index is -0.0266. The molecule has 0 aliphatic rings. The van der Waals surface area contributed by atoms with Crippen molar-refractivity contribution in [3.8, 4) is 11.3 Å². The third-order valence-corrected chi connectivity index (χ3v) is 2.93. The Morgan fingerprint density at radius 2 is 2.00 bits per heavy atom. The van der Waals surface area contributed by atoms with Crippen LogP contribution in [0, 0.1) is 6.92 Å². The van der Waals surface area contributed by atoms with Gasteiger partial charge in [-0.3, -0.25) is 4.98 Å². The summed E-state index contributed by atoms with van der Waals surface area (Å²) in [6.45, 7) is 1.99. The number of rotatable bonds is 2. The lowest BCUT2D eigenvalue weighted by molar-refractivity contribution is 1.27. The molecule has 6 heteroatoms. The number of nitrogen functional groups attached to an aromatic ring is 1. The first-order valence-corrected chi connectivity index (χ1v) is 6.35. The zero-order valence-corrected chi connectivity index (χ0v) is 11.8. The van der Waals surface area contributed by atoms with Crippen LogP contribution in [-0.4, -0.2) is 15.9 Å². The second kappa shape index (κ2) is 5.66. The van der Waals surface area contributed by atoms with Crippen molar-refractivity contribution in [3.05, 3.63) is 47.7 Å². The summed E-state index contributed by atoms with van der Waals surface area (Å²) in [5.74, 6) is 0.199. The summed E-state index contributed by atoms with van der Waals surface area (Å²) in [5.41, 5.74) is 21.1. The molecular weight excluding hydrogens is 270 g/mol. The lowest BCUT2D eigenvalue weighted by Gasteiger charge is -2.09. The van der Waals surface area contributed by atoms with Crippen LogP contribution in [0.5, 0.6) is 0 Å². The molecule has 0 fully saturated rings. The van der Waals surface area contributed by atoms with Gasteiger partial charge in [-0.05, 0) is 42.9 Å². The molecule has 1 heterocycles. The van der Waals surface area contributed by atoms with Gasteiger partial charge in [0.05, 0.1) is 5.69 Å². The summed E-state index contributed by atoms with van der Waals surface area (Å²) in [7, 11) is 0. The highest BCUT2D eigenvalue weighted by Gasteiger charge is 2.09. The van der Waals surface area contributed by atoms with Crippen LogP contribution < -0.4 is 17.2 Å². The van der Waals surface area contributed by atoms with Gasteiger partial charge in [-0.15, -0.1) is 0 Å². The number of aryl methyl sites for hydroxylation is 1. The first kappa shape index (κ1) is 14.0. The molecule has 0 aliphatic heterocycles. The Morgan fingerprint density at radius 1 is 1.25 bits per heavy atom. The predicted octanol–water partition coefficient (Wildman–Crippen LogP) is 1.59. The van der Waals surface area contributed by atoms with Crippen LogP contribution in [0.1, 0.15) is 11.1 Å². The molecule has 0 unspecified atom stereocenters. The van der Waals surface area contributed by atoms with Gasteiger partial charge >= 0.3 is 0 Å². The second-order valence-corrected chi connectivity index (χ2v) is 4.72. The molecule has 0 spiro atoms. The van der Waals surface area contributed by atoms with Crippen LogP contribution >= 0.6 is 12.2 Å². The van der Waals surface area contributed by atoms with E-state index in [0.29, 0.717) is 11.3 Å². The van der Waals surface area contributed by atoms with Crippen molar-refractivity contribution < 1.29 is 0 Å². The van der Waals surface area contributed by atoms with Crippen molar-refractivity contribution in [2.45, 2.75) is 6.92 Å². The zero-order valence-electron chi connectivity index (χ0n) is 11.0. The highest BCUT2D eigenvalue weighted by molar-refractivity contribution is 7.80. The summed E-state index contributed by atoms with van der Waals surface area (Å²) < 4.78 is 0. The van der Waals surface area contributed by atoms with Crippen molar-refractivity contribution in [2.24, 2.45) is 16.5 Å². The molecule has 6 N–H and O–H groups in total. The third kappa shape index (κ3) is 2.92. The van der Waals surface area contributed by atoms with E-state index in [1.165, 1.54) is 0 Å². The molecule has 0 saturated carbocycles. The van der Waals surface area contributed by atoms with E-state index in [4.69, 9.17) is 29.4 Å². The molecule has 2 aromatic rings. The molecule has 0 amide bonds. The summed E-state index contributed by atoms with van der Waals surface area (Å²) in [4.78, 5) is 8.24. The van der Waals surface area contributed by atoms with E-state index in [1.54, 1.807) is 12.3 Å². The normalized spacial score (nSPS) is 11.3. The van der Waals surface area contributed by atoms with Crippen molar-refractivity contribution >= 4 is 28.9 Å². The average Bonchev–Trinajstić information content (AvgIpc) is 2.39. The summed E-state index contributed by atoms with van der Waals surface area (Å²) in [6, 6.07) is 9.37. The zero-order chi connectivity index (χ0) is 14.7. The summed E-state index contributed by atoms with van der Waals surface area (Å²) >= 11 is 4.72. The van der Waals surface area contributed by atoms with Crippen LogP contribution in [0.15, 0.2) is 41.5 Å². The number of benzene rings is 1. The van der Waals surface area contributed by atoms with Crippen LogP contribution in [-0.2, 0) is 0 Å². The number of thiocarbonyl (C=S) groups is 1. The van der Waals surface area contributed by atoms with E-state index in [0.717, 1.165) is 16.8 Å². The highest BCUT2D eigenvalue weighted by Crippen LogP contribution is 2.24. The largest absolute Gasteiger partial charge is 0.398 e. The van der Waals surface area contributed by atoms with Gasteiger partial charge < -0.3 is 17.2 Å². The van der Waals surface area contributed by atoms with Crippen LogP contribution in [0.2, 0.25) is 0 Å². The van der Waals surface area contributed by atoms with E-state index < -0.39 is 0 Å². The lowest BCUT2D eigenvalue weighted by atomic mass is 10.0. The summed E-state index contributed by atoms with van der Waals surface area (Å²) in [6.07, 6.45) is 1.74. The van der Waals surface area contributed by atoms with Gasteiger partial charge in [0.1, 0.15) is 5.84 Å². The number of pyridine rings is 1. The Bertz CT molecular complexity index is 694. The van der Waals surface area contributed by atoms with Crippen LogP contribution in [0.3, 0.4) is 0 Å². The van der Waals surface area contributed by atoms with Gasteiger partial charge in [0.2, 0.25) is 0 Å². The molecule has 0 bridgehead atoms. The standard InChI is InChI=1S/C14H15N5S/c1-8-3-2-6-18-12(8)9-4-5-11(15)10(7-9)13(16)19-14(17)20/h2-7H,15H2,1H3,(H4,16,17,19,20). The Hall–Kier alpha value is -2.47. The van der Waals surface area contributed by atoms with E-state index in [9.17, 15) is 0 Å². The molecule has 0 aliphatic carbocycles. The molecule has 1 aromatic carbocycles. The molecular formula is C14H15N5S.